The molecule has 0 aromatic heterocycles. The summed E-state index contributed by atoms with van der Waals surface area (Å²) in [5.41, 5.74) is 0. The van der Waals surface area contributed by atoms with E-state index in [0.29, 0.717) is 13.0 Å². The van der Waals surface area contributed by atoms with E-state index in [0.717, 1.165) is 32.1 Å². The van der Waals surface area contributed by atoms with Crippen molar-refractivity contribution in [2.75, 3.05) is 26.4 Å². The number of hydrogen-bond donors (Lipinski definition) is 4. The summed E-state index contributed by atoms with van der Waals surface area (Å²) in [5, 5.41) is 40.0. The first-order valence-electron chi connectivity index (χ1n) is 22.1. The molecule has 310 valence electrons. The van der Waals surface area contributed by atoms with Crippen molar-refractivity contribution in [3.63, 3.8) is 0 Å². The number of hydrogen-bond acceptors (Lipinski definition) is 9. The van der Waals surface area contributed by atoms with Crippen molar-refractivity contribution >= 4 is 5.97 Å². The Bertz CT molecular complexity index is 767. The smallest absolute Gasteiger partial charge is 0.306 e. The first-order valence-corrected chi connectivity index (χ1v) is 22.1. The molecule has 4 N–H and O–H groups in total. The maximum absolute atomic E-state index is 12.7. The van der Waals surface area contributed by atoms with Gasteiger partial charge < -0.3 is 39.4 Å². The van der Waals surface area contributed by atoms with E-state index in [1.165, 1.54) is 154 Å². The molecular weight excluding hydrogens is 660 g/mol. The SMILES string of the molecule is CCCCCCCCCCCCCCCCCCOCC(COC1OC(CO)C(O)C(O)C1O)OC(=O)CCCCCCCCCCCCCCC. The molecule has 6 unspecified atom stereocenters. The Morgan fingerprint density at radius 3 is 1.37 bits per heavy atom. The van der Waals surface area contributed by atoms with Gasteiger partial charge in [-0.3, -0.25) is 4.79 Å². The molecule has 9 heteroatoms. The lowest BCUT2D eigenvalue weighted by molar-refractivity contribution is -0.305. The van der Waals surface area contributed by atoms with Gasteiger partial charge in [-0.15, -0.1) is 0 Å². The zero-order chi connectivity index (χ0) is 37.9. The Labute approximate surface area is 319 Å². The van der Waals surface area contributed by atoms with Crippen LogP contribution in [0.2, 0.25) is 0 Å². The number of aliphatic hydroxyl groups is 4. The molecule has 0 aromatic rings. The standard InChI is InChI=1S/C43H84O9/c1-3-5-7-9-11-13-15-17-18-19-21-23-25-27-29-31-33-49-35-37(36-50-43-42(48)41(47)40(46)38(34-44)52-43)51-39(45)32-30-28-26-24-22-20-16-14-12-10-8-6-4-2/h37-38,40-44,46-48H,3-36H2,1-2H3. The van der Waals surface area contributed by atoms with Gasteiger partial charge in [0.1, 0.15) is 30.5 Å². The maximum Gasteiger partial charge on any atom is 0.306 e. The normalized spacial score (nSPS) is 21.1. The molecule has 0 bridgehead atoms. The molecule has 1 aliphatic heterocycles. The minimum absolute atomic E-state index is 0.105. The van der Waals surface area contributed by atoms with Gasteiger partial charge in [-0.25, -0.2) is 0 Å². The van der Waals surface area contributed by atoms with Crippen molar-refractivity contribution in [2.24, 2.45) is 0 Å². The fraction of sp³-hybridized carbons (Fsp3) is 0.977. The van der Waals surface area contributed by atoms with Crippen molar-refractivity contribution < 1.29 is 44.2 Å². The van der Waals surface area contributed by atoms with Crippen LogP contribution < -0.4 is 0 Å². The molecule has 1 saturated heterocycles. The highest BCUT2D eigenvalue weighted by Crippen LogP contribution is 2.23. The lowest BCUT2D eigenvalue weighted by Gasteiger charge is -2.39. The Morgan fingerprint density at radius 2 is 0.942 bits per heavy atom. The lowest BCUT2D eigenvalue weighted by atomic mass is 9.99. The molecule has 1 fully saturated rings. The van der Waals surface area contributed by atoms with Crippen LogP contribution in [0.15, 0.2) is 0 Å². The molecule has 1 rings (SSSR count). The maximum atomic E-state index is 12.7. The highest BCUT2D eigenvalue weighted by Gasteiger charge is 2.44. The third-order valence-electron chi connectivity index (χ3n) is 10.5. The highest BCUT2D eigenvalue weighted by atomic mass is 16.7. The van der Waals surface area contributed by atoms with Crippen LogP contribution in [-0.2, 0) is 23.7 Å². The first-order chi connectivity index (χ1) is 25.4. The fourth-order valence-electron chi connectivity index (χ4n) is 7.02. The largest absolute Gasteiger partial charge is 0.457 e. The number of carbonyl (C=O) groups is 1. The van der Waals surface area contributed by atoms with Gasteiger partial charge in [0.25, 0.3) is 0 Å². The number of carbonyl (C=O) groups excluding carboxylic acids is 1. The summed E-state index contributed by atoms with van der Waals surface area (Å²) in [5.74, 6) is -0.309. The molecule has 6 atom stereocenters. The fourth-order valence-corrected chi connectivity index (χ4v) is 7.02. The van der Waals surface area contributed by atoms with Crippen molar-refractivity contribution in [1.82, 2.24) is 0 Å². The van der Waals surface area contributed by atoms with E-state index in [1.54, 1.807) is 0 Å². The zero-order valence-electron chi connectivity index (χ0n) is 33.8. The van der Waals surface area contributed by atoms with Crippen molar-refractivity contribution in [1.29, 1.82) is 0 Å². The molecule has 0 spiro atoms. The third kappa shape index (κ3) is 26.9. The van der Waals surface area contributed by atoms with Gasteiger partial charge in [0.15, 0.2) is 6.29 Å². The van der Waals surface area contributed by atoms with E-state index in [2.05, 4.69) is 13.8 Å². The van der Waals surface area contributed by atoms with Crippen molar-refractivity contribution in [3.8, 4) is 0 Å². The average molecular weight is 745 g/mol. The second-order valence-electron chi connectivity index (χ2n) is 15.5. The van der Waals surface area contributed by atoms with E-state index in [4.69, 9.17) is 18.9 Å². The first kappa shape index (κ1) is 49.2. The number of unbranched alkanes of at least 4 members (excludes halogenated alkanes) is 27. The molecule has 0 aromatic carbocycles. The second-order valence-corrected chi connectivity index (χ2v) is 15.5. The average Bonchev–Trinajstić information content (AvgIpc) is 3.14. The van der Waals surface area contributed by atoms with Gasteiger partial charge in [-0.05, 0) is 12.8 Å². The summed E-state index contributed by atoms with van der Waals surface area (Å²) in [6.45, 7) is 4.60. The van der Waals surface area contributed by atoms with Crippen LogP contribution >= 0.6 is 0 Å². The molecule has 52 heavy (non-hydrogen) atoms. The molecular formula is C43H84O9. The van der Waals surface area contributed by atoms with Crippen LogP contribution in [0.4, 0.5) is 0 Å². The summed E-state index contributed by atoms with van der Waals surface area (Å²) >= 11 is 0. The minimum Gasteiger partial charge on any atom is -0.457 e. The van der Waals surface area contributed by atoms with Gasteiger partial charge in [0.05, 0.1) is 19.8 Å². The van der Waals surface area contributed by atoms with Crippen LogP contribution in [0.1, 0.15) is 206 Å². The summed E-state index contributed by atoms with van der Waals surface area (Å²) in [6.07, 6.45) is 29.8. The van der Waals surface area contributed by atoms with Crippen molar-refractivity contribution in [3.05, 3.63) is 0 Å². The van der Waals surface area contributed by atoms with Crippen molar-refractivity contribution in [2.45, 2.75) is 243 Å². The van der Waals surface area contributed by atoms with E-state index in [1.807, 2.05) is 0 Å². The Hall–Kier alpha value is -0.810. The summed E-state index contributed by atoms with van der Waals surface area (Å²) in [7, 11) is 0. The van der Waals surface area contributed by atoms with Gasteiger partial charge in [-0.1, -0.05) is 187 Å². The molecule has 0 radical (unpaired) electrons. The number of rotatable bonds is 38. The van der Waals surface area contributed by atoms with Crippen LogP contribution in [0.25, 0.3) is 0 Å². The van der Waals surface area contributed by atoms with Gasteiger partial charge in [0.2, 0.25) is 0 Å². The van der Waals surface area contributed by atoms with Gasteiger partial charge >= 0.3 is 5.97 Å². The topological polar surface area (TPSA) is 135 Å². The predicted molar refractivity (Wildman–Crippen MR) is 210 cm³/mol. The Kier molecular flexibility index (Phi) is 33.9. The van der Waals surface area contributed by atoms with Gasteiger partial charge in [-0.2, -0.15) is 0 Å². The molecule has 0 saturated carbocycles. The lowest BCUT2D eigenvalue weighted by Crippen LogP contribution is -2.59. The Morgan fingerprint density at radius 1 is 0.538 bits per heavy atom. The van der Waals surface area contributed by atoms with Crippen LogP contribution in [-0.4, -0.2) is 89.6 Å². The monoisotopic (exact) mass is 745 g/mol. The highest BCUT2D eigenvalue weighted by molar-refractivity contribution is 5.69. The summed E-state index contributed by atoms with van der Waals surface area (Å²) in [4.78, 5) is 12.7. The number of esters is 1. The molecule has 0 aliphatic carbocycles. The number of ether oxygens (including phenoxy) is 4. The Balaban J connectivity index is 2.25. The molecule has 9 nitrogen and oxygen atoms in total. The van der Waals surface area contributed by atoms with Gasteiger partial charge in [0, 0.05) is 13.0 Å². The second kappa shape index (κ2) is 35.9. The van der Waals surface area contributed by atoms with E-state index in [-0.39, 0.29) is 19.2 Å². The van der Waals surface area contributed by atoms with E-state index >= 15 is 0 Å². The van der Waals surface area contributed by atoms with E-state index in [9.17, 15) is 25.2 Å². The van der Waals surface area contributed by atoms with Crippen LogP contribution in [0.5, 0.6) is 0 Å². The zero-order valence-corrected chi connectivity index (χ0v) is 33.8. The molecule has 1 aliphatic rings. The number of aliphatic hydroxyl groups excluding tert-OH is 4. The molecule has 0 amide bonds. The third-order valence-corrected chi connectivity index (χ3v) is 10.5. The van der Waals surface area contributed by atoms with Crippen LogP contribution in [0, 0.1) is 0 Å². The van der Waals surface area contributed by atoms with E-state index < -0.39 is 43.4 Å². The predicted octanol–water partition coefficient (Wildman–Crippen LogP) is 9.47. The summed E-state index contributed by atoms with van der Waals surface area (Å²) < 4.78 is 22.8. The summed E-state index contributed by atoms with van der Waals surface area (Å²) in [6, 6.07) is 0. The minimum atomic E-state index is -1.53. The quantitative estimate of drug-likeness (QED) is 0.0360. The van der Waals surface area contributed by atoms with Crippen LogP contribution in [0.3, 0.4) is 0 Å². The molecule has 1 heterocycles.